The zero-order valence-corrected chi connectivity index (χ0v) is 16.6. The van der Waals surface area contributed by atoms with Gasteiger partial charge in [-0.25, -0.2) is 0 Å². The molecule has 3 rings (SSSR count). The lowest BCUT2D eigenvalue weighted by Gasteiger charge is -2.09. The molecular formula is C19H16Cl2N4O3. The maximum atomic E-state index is 12.5. The fraction of sp³-hybridized carbons (Fsp3) is 0.158. The van der Waals surface area contributed by atoms with Crippen LogP contribution in [0.25, 0.3) is 0 Å². The van der Waals surface area contributed by atoms with Gasteiger partial charge in [0.25, 0.3) is 11.6 Å². The van der Waals surface area contributed by atoms with Gasteiger partial charge in [0.05, 0.1) is 38.6 Å². The first kappa shape index (κ1) is 19.9. The van der Waals surface area contributed by atoms with Gasteiger partial charge < -0.3 is 5.32 Å². The molecule has 0 saturated carbocycles. The topological polar surface area (TPSA) is 90.1 Å². The number of rotatable bonds is 5. The van der Waals surface area contributed by atoms with E-state index >= 15 is 0 Å². The number of non-ortho nitro benzene ring substituents is 1. The summed E-state index contributed by atoms with van der Waals surface area (Å²) >= 11 is 12.3. The third-order valence-electron chi connectivity index (χ3n) is 4.31. The van der Waals surface area contributed by atoms with E-state index in [4.69, 9.17) is 23.2 Å². The van der Waals surface area contributed by atoms with Crippen molar-refractivity contribution in [2.24, 2.45) is 0 Å². The standard InChI is InChI=1S/C19H16Cl2N4O3/c1-11-18(22-19(26)13-6-8-15(9-7-13)25(27)28)12(2)24(23-11)10-14-4-3-5-16(20)17(14)21/h3-9H,10H2,1-2H3,(H,22,26). The average Bonchev–Trinajstić information content (AvgIpc) is 2.93. The van der Waals surface area contributed by atoms with Gasteiger partial charge in [0.2, 0.25) is 0 Å². The maximum Gasteiger partial charge on any atom is 0.269 e. The maximum absolute atomic E-state index is 12.5. The molecule has 0 aliphatic heterocycles. The number of nitrogens with zero attached hydrogens (tertiary/aromatic N) is 3. The van der Waals surface area contributed by atoms with Gasteiger partial charge in [-0.3, -0.25) is 19.6 Å². The first-order valence-corrected chi connectivity index (χ1v) is 9.06. The molecule has 0 radical (unpaired) electrons. The second-order valence-electron chi connectivity index (χ2n) is 6.17. The summed E-state index contributed by atoms with van der Waals surface area (Å²) in [6, 6.07) is 10.8. The molecule has 0 atom stereocenters. The molecule has 9 heteroatoms. The molecule has 1 heterocycles. The Morgan fingerprint density at radius 3 is 2.50 bits per heavy atom. The highest BCUT2D eigenvalue weighted by atomic mass is 35.5. The van der Waals surface area contributed by atoms with E-state index < -0.39 is 4.92 Å². The molecule has 0 aliphatic carbocycles. The van der Waals surface area contributed by atoms with Crippen molar-refractivity contribution in [2.45, 2.75) is 20.4 Å². The third-order valence-corrected chi connectivity index (χ3v) is 5.17. The summed E-state index contributed by atoms with van der Waals surface area (Å²) in [5.41, 5.74) is 3.04. The van der Waals surface area contributed by atoms with Crippen LogP contribution in [0.2, 0.25) is 10.0 Å². The zero-order chi connectivity index (χ0) is 20.4. The number of aryl methyl sites for hydroxylation is 1. The minimum absolute atomic E-state index is 0.0740. The molecule has 1 amide bonds. The molecule has 7 nitrogen and oxygen atoms in total. The molecule has 0 spiro atoms. The van der Waals surface area contributed by atoms with Gasteiger partial charge in [0.15, 0.2) is 0 Å². The second kappa shape index (κ2) is 8.00. The lowest BCUT2D eigenvalue weighted by Crippen LogP contribution is -2.13. The average molecular weight is 419 g/mol. The lowest BCUT2D eigenvalue weighted by molar-refractivity contribution is -0.384. The normalized spacial score (nSPS) is 10.7. The molecule has 0 unspecified atom stereocenters. The molecule has 0 saturated heterocycles. The van der Waals surface area contributed by atoms with Crippen molar-refractivity contribution in [1.82, 2.24) is 9.78 Å². The van der Waals surface area contributed by atoms with E-state index in [9.17, 15) is 14.9 Å². The fourth-order valence-electron chi connectivity index (χ4n) is 2.78. The number of anilines is 1. The minimum atomic E-state index is -0.513. The van der Waals surface area contributed by atoms with Gasteiger partial charge in [-0.2, -0.15) is 5.10 Å². The van der Waals surface area contributed by atoms with Crippen molar-refractivity contribution in [3.63, 3.8) is 0 Å². The summed E-state index contributed by atoms with van der Waals surface area (Å²) in [6.07, 6.45) is 0. The Morgan fingerprint density at radius 1 is 1.18 bits per heavy atom. The number of halogens is 2. The summed E-state index contributed by atoms with van der Waals surface area (Å²) < 4.78 is 1.73. The smallest absolute Gasteiger partial charge is 0.269 e. The van der Waals surface area contributed by atoms with Crippen LogP contribution in [-0.2, 0) is 6.54 Å². The number of amides is 1. The highest BCUT2D eigenvalue weighted by Gasteiger charge is 2.17. The van der Waals surface area contributed by atoms with Gasteiger partial charge in [-0.15, -0.1) is 0 Å². The van der Waals surface area contributed by atoms with Crippen LogP contribution in [0.15, 0.2) is 42.5 Å². The molecule has 1 aromatic heterocycles. The third kappa shape index (κ3) is 4.00. The van der Waals surface area contributed by atoms with Crippen LogP contribution < -0.4 is 5.32 Å². The Kier molecular flexibility index (Phi) is 5.67. The van der Waals surface area contributed by atoms with Crippen LogP contribution >= 0.6 is 23.2 Å². The quantitative estimate of drug-likeness (QED) is 0.465. The second-order valence-corrected chi connectivity index (χ2v) is 6.96. The van der Waals surface area contributed by atoms with Crippen LogP contribution in [0, 0.1) is 24.0 Å². The number of aromatic nitrogens is 2. The fourth-order valence-corrected chi connectivity index (χ4v) is 3.16. The molecule has 144 valence electrons. The van der Waals surface area contributed by atoms with Crippen LogP contribution in [0.4, 0.5) is 11.4 Å². The van der Waals surface area contributed by atoms with Crippen molar-refractivity contribution in [1.29, 1.82) is 0 Å². The Labute approximate surface area is 171 Å². The highest BCUT2D eigenvalue weighted by Crippen LogP contribution is 2.28. The lowest BCUT2D eigenvalue weighted by atomic mass is 10.2. The molecule has 2 aromatic carbocycles. The van der Waals surface area contributed by atoms with Gasteiger partial charge in [0.1, 0.15) is 0 Å². The van der Waals surface area contributed by atoms with Gasteiger partial charge in [-0.1, -0.05) is 35.3 Å². The van der Waals surface area contributed by atoms with Crippen LogP contribution in [0.3, 0.4) is 0 Å². The first-order valence-electron chi connectivity index (χ1n) is 8.30. The summed E-state index contributed by atoms with van der Waals surface area (Å²) in [6.45, 7) is 4.03. The zero-order valence-electron chi connectivity index (χ0n) is 15.1. The molecule has 1 N–H and O–H groups in total. The van der Waals surface area contributed by atoms with Crippen LogP contribution in [-0.4, -0.2) is 20.6 Å². The number of nitro groups is 1. The molecule has 0 bridgehead atoms. The Bertz CT molecular complexity index is 1060. The van der Waals surface area contributed by atoms with E-state index in [1.165, 1.54) is 24.3 Å². The largest absolute Gasteiger partial charge is 0.319 e. The Morgan fingerprint density at radius 2 is 1.86 bits per heavy atom. The monoisotopic (exact) mass is 418 g/mol. The van der Waals surface area contributed by atoms with Crippen molar-refractivity contribution >= 4 is 40.5 Å². The predicted octanol–water partition coefficient (Wildman–Crippen LogP) is 5.02. The number of carbonyl (C=O) groups excluding carboxylic acids is 1. The SMILES string of the molecule is Cc1nn(Cc2cccc(Cl)c2Cl)c(C)c1NC(=O)c1ccc([N+](=O)[O-])cc1. The number of carbonyl (C=O) groups is 1. The van der Waals surface area contributed by atoms with E-state index in [-0.39, 0.29) is 11.6 Å². The first-order chi connectivity index (χ1) is 13.3. The highest BCUT2D eigenvalue weighted by molar-refractivity contribution is 6.42. The number of nitro benzene ring substituents is 1. The molecule has 0 fully saturated rings. The Balaban J connectivity index is 1.82. The Hall–Kier alpha value is -2.90. The van der Waals surface area contributed by atoms with Gasteiger partial charge in [0, 0.05) is 17.7 Å². The molecule has 28 heavy (non-hydrogen) atoms. The van der Waals surface area contributed by atoms with Crippen LogP contribution in [0.5, 0.6) is 0 Å². The summed E-state index contributed by atoms with van der Waals surface area (Å²) in [4.78, 5) is 22.7. The predicted molar refractivity (Wildman–Crippen MR) is 108 cm³/mol. The molecule has 3 aromatic rings. The summed E-state index contributed by atoms with van der Waals surface area (Å²) in [5, 5.41) is 19.0. The van der Waals surface area contributed by atoms with Gasteiger partial charge in [-0.05, 0) is 37.6 Å². The van der Waals surface area contributed by atoms with E-state index in [1.807, 2.05) is 19.1 Å². The molecular weight excluding hydrogens is 403 g/mol. The summed E-state index contributed by atoms with van der Waals surface area (Å²) in [7, 11) is 0. The van der Waals surface area contributed by atoms with E-state index in [1.54, 1.807) is 17.7 Å². The number of hydrogen-bond acceptors (Lipinski definition) is 4. The minimum Gasteiger partial charge on any atom is -0.319 e. The van der Waals surface area contributed by atoms with Crippen molar-refractivity contribution in [2.75, 3.05) is 5.32 Å². The summed E-state index contributed by atoms with van der Waals surface area (Å²) in [5.74, 6) is -0.374. The van der Waals surface area contributed by atoms with Crippen molar-refractivity contribution < 1.29 is 9.72 Å². The van der Waals surface area contributed by atoms with Crippen molar-refractivity contribution in [3.8, 4) is 0 Å². The van der Waals surface area contributed by atoms with Gasteiger partial charge >= 0.3 is 0 Å². The van der Waals surface area contributed by atoms with Crippen LogP contribution in [0.1, 0.15) is 27.3 Å². The van der Waals surface area contributed by atoms with E-state index in [0.717, 1.165) is 11.3 Å². The van der Waals surface area contributed by atoms with E-state index in [0.29, 0.717) is 33.5 Å². The number of benzene rings is 2. The number of nitrogens with one attached hydrogen (secondary N) is 1. The van der Waals surface area contributed by atoms with E-state index in [2.05, 4.69) is 10.4 Å². The van der Waals surface area contributed by atoms with Crippen molar-refractivity contribution in [3.05, 3.63) is 85.1 Å². The molecule has 0 aliphatic rings. The number of hydrogen-bond donors (Lipinski definition) is 1.